The van der Waals surface area contributed by atoms with Crippen LogP contribution >= 0.6 is 23.2 Å². The molecule has 0 aliphatic carbocycles. The van der Waals surface area contributed by atoms with Crippen LogP contribution in [0.3, 0.4) is 0 Å². The zero-order valence-electron chi connectivity index (χ0n) is 16.3. The number of aryl methyl sites for hydroxylation is 1. The monoisotopic (exact) mass is 439 g/mol. The molecular weight excluding hydrogens is 421 g/mol. The number of hydrogen-bond donors (Lipinski definition) is 1. The third-order valence-electron chi connectivity index (χ3n) is 5.52. The molecule has 1 aromatic carbocycles. The molecule has 4 aromatic rings. The summed E-state index contributed by atoms with van der Waals surface area (Å²) in [6.45, 7) is 4.05. The maximum Gasteiger partial charge on any atom is 0.255 e. The van der Waals surface area contributed by atoms with E-state index in [1.807, 2.05) is 41.8 Å². The van der Waals surface area contributed by atoms with Gasteiger partial charge >= 0.3 is 0 Å². The highest BCUT2D eigenvalue weighted by molar-refractivity contribution is 6.30. The van der Waals surface area contributed by atoms with Crippen molar-refractivity contribution in [2.45, 2.75) is 26.4 Å². The van der Waals surface area contributed by atoms with Gasteiger partial charge in [-0.2, -0.15) is 0 Å². The zero-order valence-corrected chi connectivity index (χ0v) is 17.8. The Labute approximate surface area is 183 Å². The number of halogens is 2. The first-order valence-electron chi connectivity index (χ1n) is 9.71. The predicted molar refractivity (Wildman–Crippen MR) is 118 cm³/mol. The number of H-pyrrole nitrogens is 1. The molecule has 152 valence electrons. The van der Waals surface area contributed by atoms with E-state index in [1.54, 1.807) is 12.1 Å². The molecular formula is C22H19Cl2N5O. The van der Waals surface area contributed by atoms with Crippen molar-refractivity contribution in [3.8, 4) is 11.4 Å². The lowest BCUT2D eigenvalue weighted by molar-refractivity contribution is 0.238. The number of imidazole rings is 1. The highest BCUT2D eigenvalue weighted by Crippen LogP contribution is 2.23. The number of pyridine rings is 1. The standard InChI is InChI=1S/C22H19Cl2N5O/c1-13-19(29-10-16(24)6-7-20(29)25-13)12-28-9-8-18-17(11-28)22(30)27-21(26-18)14-2-4-15(23)5-3-14/h2-7,10H,8-9,11-12H2,1H3,(H,26,27,30). The van der Waals surface area contributed by atoms with Crippen LogP contribution < -0.4 is 5.56 Å². The molecule has 0 unspecified atom stereocenters. The number of rotatable bonds is 3. The van der Waals surface area contributed by atoms with Crippen LogP contribution in [0.1, 0.15) is 22.6 Å². The van der Waals surface area contributed by atoms with E-state index >= 15 is 0 Å². The van der Waals surface area contributed by atoms with E-state index in [1.165, 1.54) is 0 Å². The Bertz CT molecular complexity index is 1310. The number of nitrogens with zero attached hydrogens (tertiary/aromatic N) is 4. The number of fused-ring (bicyclic) bond motifs is 2. The summed E-state index contributed by atoms with van der Waals surface area (Å²) < 4.78 is 2.03. The molecule has 0 amide bonds. The Morgan fingerprint density at radius 2 is 1.83 bits per heavy atom. The number of hydrogen-bond acceptors (Lipinski definition) is 4. The van der Waals surface area contributed by atoms with Crippen LogP contribution in [0.2, 0.25) is 10.0 Å². The fourth-order valence-corrected chi connectivity index (χ4v) is 4.23. The summed E-state index contributed by atoms with van der Waals surface area (Å²) in [6, 6.07) is 11.1. The molecule has 0 spiro atoms. The van der Waals surface area contributed by atoms with Crippen molar-refractivity contribution in [1.82, 2.24) is 24.3 Å². The van der Waals surface area contributed by atoms with Gasteiger partial charge < -0.3 is 9.38 Å². The van der Waals surface area contributed by atoms with Gasteiger partial charge in [-0.25, -0.2) is 9.97 Å². The van der Waals surface area contributed by atoms with E-state index in [0.29, 0.717) is 29.0 Å². The van der Waals surface area contributed by atoms with E-state index in [4.69, 9.17) is 28.2 Å². The molecule has 0 saturated heterocycles. The molecule has 0 radical (unpaired) electrons. The Hall–Kier alpha value is -2.67. The van der Waals surface area contributed by atoms with Gasteiger partial charge in [0.2, 0.25) is 0 Å². The quantitative estimate of drug-likeness (QED) is 0.517. The molecule has 1 aliphatic heterocycles. The zero-order chi connectivity index (χ0) is 20.8. The van der Waals surface area contributed by atoms with Gasteiger partial charge in [0.25, 0.3) is 5.56 Å². The van der Waals surface area contributed by atoms with Crippen molar-refractivity contribution in [2.24, 2.45) is 0 Å². The second-order valence-electron chi connectivity index (χ2n) is 7.53. The normalized spacial score (nSPS) is 14.2. The Kier molecular flexibility index (Phi) is 4.85. The summed E-state index contributed by atoms with van der Waals surface area (Å²) in [5.74, 6) is 0.580. The molecule has 30 heavy (non-hydrogen) atoms. The highest BCUT2D eigenvalue weighted by Gasteiger charge is 2.23. The number of benzene rings is 1. The largest absolute Gasteiger partial charge is 0.306 e. The van der Waals surface area contributed by atoms with Gasteiger partial charge in [-0.15, -0.1) is 0 Å². The summed E-state index contributed by atoms with van der Waals surface area (Å²) in [5.41, 5.74) is 5.26. The molecule has 3 aromatic heterocycles. The lowest BCUT2D eigenvalue weighted by Crippen LogP contribution is -2.35. The minimum absolute atomic E-state index is 0.0902. The topological polar surface area (TPSA) is 66.3 Å². The van der Waals surface area contributed by atoms with E-state index < -0.39 is 0 Å². The molecule has 0 fully saturated rings. The molecule has 5 rings (SSSR count). The third-order valence-corrected chi connectivity index (χ3v) is 6.00. The van der Waals surface area contributed by atoms with Crippen molar-refractivity contribution in [3.63, 3.8) is 0 Å². The van der Waals surface area contributed by atoms with Gasteiger partial charge in [0.05, 0.1) is 27.7 Å². The van der Waals surface area contributed by atoms with Crippen molar-refractivity contribution < 1.29 is 0 Å². The predicted octanol–water partition coefficient (Wildman–Crippen LogP) is 4.26. The maximum absolute atomic E-state index is 12.8. The molecule has 1 aliphatic rings. The summed E-state index contributed by atoms with van der Waals surface area (Å²) in [4.78, 5) is 27.3. The van der Waals surface area contributed by atoms with Crippen LogP contribution in [0.4, 0.5) is 0 Å². The second kappa shape index (κ2) is 7.54. The molecule has 0 bridgehead atoms. The summed E-state index contributed by atoms with van der Waals surface area (Å²) in [5, 5.41) is 1.32. The third kappa shape index (κ3) is 3.51. The van der Waals surface area contributed by atoms with Gasteiger partial charge in [0, 0.05) is 42.8 Å². The van der Waals surface area contributed by atoms with E-state index in [-0.39, 0.29) is 5.56 Å². The van der Waals surface area contributed by atoms with Gasteiger partial charge in [0.15, 0.2) is 0 Å². The van der Waals surface area contributed by atoms with Gasteiger partial charge in [-0.05, 0) is 43.3 Å². The SMILES string of the molecule is Cc1nc2ccc(Cl)cn2c1CN1CCc2nc(-c3ccc(Cl)cc3)[nH]c(=O)c2C1. The Balaban J connectivity index is 1.43. The Morgan fingerprint density at radius 1 is 1.07 bits per heavy atom. The molecule has 8 heteroatoms. The lowest BCUT2D eigenvalue weighted by Gasteiger charge is -2.27. The molecule has 1 N–H and O–H groups in total. The van der Waals surface area contributed by atoms with Crippen molar-refractivity contribution in [2.75, 3.05) is 6.54 Å². The van der Waals surface area contributed by atoms with Crippen molar-refractivity contribution >= 4 is 28.8 Å². The number of aromatic amines is 1. The van der Waals surface area contributed by atoms with Crippen LogP contribution in [0.5, 0.6) is 0 Å². The van der Waals surface area contributed by atoms with E-state index in [2.05, 4.69) is 14.9 Å². The lowest BCUT2D eigenvalue weighted by atomic mass is 10.1. The van der Waals surface area contributed by atoms with Crippen LogP contribution in [-0.4, -0.2) is 30.8 Å². The minimum atomic E-state index is -0.0902. The van der Waals surface area contributed by atoms with Crippen LogP contribution in [-0.2, 0) is 19.5 Å². The van der Waals surface area contributed by atoms with Crippen LogP contribution in [0.25, 0.3) is 17.0 Å². The van der Waals surface area contributed by atoms with Gasteiger partial charge in [-0.1, -0.05) is 23.2 Å². The average molecular weight is 440 g/mol. The fraction of sp³-hybridized carbons (Fsp3) is 0.227. The molecule has 4 heterocycles. The minimum Gasteiger partial charge on any atom is -0.306 e. The summed E-state index contributed by atoms with van der Waals surface area (Å²) in [6.07, 6.45) is 2.60. The summed E-state index contributed by atoms with van der Waals surface area (Å²) in [7, 11) is 0. The highest BCUT2D eigenvalue weighted by atomic mass is 35.5. The fourth-order valence-electron chi connectivity index (χ4n) is 3.95. The number of aromatic nitrogens is 4. The van der Waals surface area contributed by atoms with Crippen LogP contribution in [0, 0.1) is 6.92 Å². The molecule has 0 saturated carbocycles. The Morgan fingerprint density at radius 3 is 2.63 bits per heavy atom. The smallest absolute Gasteiger partial charge is 0.255 e. The molecule has 6 nitrogen and oxygen atoms in total. The first-order valence-corrected chi connectivity index (χ1v) is 10.5. The van der Waals surface area contributed by atoms with Gasteiger partial charge in [0.1, 0.15) is 11.5 Å². The van der Waals surface area contributed by atoms with Gasteiger partial charge in [-0.3, -0.25) is 9.69 Å². The first-order chi connectivity index (χ1) is 14.5. The molecule has 0 atom stereocenters. The van der Waals surface area contributed by atoms with E-state index in [9.17, 15) is 4.79 Å². The van der Waals surface area contributed by atoms with Crippen molar-refractivity contribution in [1.29, 1.82) is 0 Å². The maximum atomic E-state index is 12.8. The average Bonchev–Trinajstić information content (AvgIpc) is 3.03. The van der Waals surface area contributed by atoms with E-state index in [0.717, 1.165) is 46.8 Å². The first kappa shape index (κ1) is 19.3. The number of nitrogens with one attached hydrogen (secondary N) is 1. The second-order valence-corrected chi connectivity index (χ2v) is 8.40. The van der Waals surface area contributed by atoms with Crippen LogP contribution in [0.15, 0.2) is 47.4 Å². The summed E-state index contributed by atoms with van der Waals surface area (Å²) >= 11 is 12.1. The van der Waals surface area contributed by atoms with Crippen molar-refractivity contribution in [3.05, 3.63) is 85.6 Å².